The molecule has 0 radical (unpaired) electrons. The fraction of sp³-hybridized carbons (Fsp3) is 0.333. The third-order valence-corrected chi connectivity index (χ3v) is 5.93. The standard InChI is InChI=1S/C21H22Cl2N4O2/c1-24-14-19(28)27(21(24)29)26-12-10-25(11-13-26)20(15-2-6-17(22)7-3-15)16-4-8-18(23)9-5-16/h2-9,20H,10-14H2,1H3. The highest BCUT2D eigenvalue weighted by molar-refractivity contribution is 6.30. The lowest BCUT2D eigenvalue weighted by Crippen LogP contribution is -2.56. The van der Waals surface area contributed by atoms with E-state index >= 15 is 0 Å². The number of likely N-dealkylation sites (N-methyl/N-ethyl adjacent to an activating group) is 1. The molecule has 3 amide bonds. The lowest BCUT2D eigenvalue weighted by Gasteiger charge is -2.41. The first kappa shape index (κ1) is 20.2. The zero-order chi connectivity index (χ0) is 20.5. The van der Waals surface area contributed by atoms with E-state index in [1.165, 1.54) is 9.91 Å². The van der Waals surface area contributed by atoms with Crippen molar-refractivity contribution in [3.05, 3.63) is 69.7 Å². The van der Waals surface area contributed by atoms with Crippen molar-refractivity contribution >= 4 is 35.1 Å². The highest BCUT2D eigenvalue weighted by Crippen LogP contribution is 2.31. The number of carbonyl (C=O) groups is 2. The van der Waals surface area contributed by atoms with E-state index < -0.39 is 0 Å². The molecule has 0 spiro atoms. The zero-order valence-corrected chi connectivity index (χ0v) is 17.6. The Kier molecular flexibility index (Phi) is 5.79. The summed E-state index contributed by atoms with van der Waals surface area (Å²) in [5.41, 5.74) is 2.27. The van der Waals surface area contributed by atoms with Crippen LogP contribution in [-0.2, 0) is 4.79 Å². The molecule has 2 aromatic rings. The predicted octanol–water partition coefficient (Wildman–Crippen LogP) is 3.51. The van der Waals surface area contributed by atoms with Gasteiger partial charge >= 0.3 is 6.03 Å². The molecule has 6 nitrogen and oxygen atoms in total. The number of benzene rings is 2. The van der Waals surface area contributed by atoms with Crippen LogP contribution in [0.4, 0.5) is 4.79 Å². The average Bonchev–Trinajstić information content (AvgIpc) is 2.97. The molecule has 0 saturated carbocycles. The van der Waals surface area contributed by atoms with Crippen LogP contribution in [0.2, 0.25) is 10.0 Å². The fourth-order valence-electron chi connectivity index (χ4n) is 3.96. The summed E-state index contributed by atoms with van der Waals surface area (Å²) in [4.78, 5) is 28.3. The maximum absolute atomic E-state index is 12.3. The number of urea groups is 1. The molecule has 0 unspecified atom stereocenters. The first-order valence-corrected chi connectivity index (χ1v) is 10.3. The van der Waals surface area contributed by atoms with Crippen molar-refractivity contribution in [1.82, 2.24) is 19.8 Å². The number of rotatable bonds is 4. The summed E-state index contributed by atoms with van der Waals surface area (Å²) in [6, 6.07) is 15.5. The number of halogens is 2. The van der Waals surface area contributed by atoms with Gasteiger partial charge in [-0.05, 0) is 35.4 Å². The van der Waals surface area contributed by atoms with E-state index in [9.17, 15) is 9.59 Å². The van der Waals surface area contributed by atoms with E-state index in [4.69, 9.17) is 23.2 Å². The molecule has 2 aromatic carbocycles. The minimum Gasteiger partial charge on any atom is -0.317 e. The summed E-state index contributed by atoms with van der Waals surface area (Å²) < 4.78 is 0. The van der Waals surface area contributed by atoms with Crippen LogP contribution in [0, 0.1) is 0 Å². The molecule has 152 valence electrons. The lowest BCUT2D eigenvalue weighted by molar-refractivity contribution is -0.139. The summed E-state index contributed by atoms with van der Waals surface area (Å²) >= 11 is 12.2. The van der Waals surface area contributed by atoms with Crippen molar-refractivity contribution in [2.75, 3.05) is 39.8 Å². The molecule has 2 fully saturated rings. The molecule has 2 heterocycles. The van der Waals surface area contributed by atoms with E-state index in [-0.39, 0.29) is 24.5 Å². The van der Waals surface area contributed by atoms with Crippen molar-refractivity contribution in [1.29, 1.82) is 0 Å². The second kappa shape index (κ2) is 8.32. The smallest absolute Gasteiger partial charge is 0.317 e. The highest BCUT2D eigenvalue weighted by Gasteiger charge is 2.39. The monoisotopic (exact) mass is 432 g/mol. The van der Waals surface area contributed by atoms with Crippen LogP contribution < -0.4 is 0 Å². The van der Waals surface area contributed by atoms with Crippen molar-refractivity contribution in [2.45, 2.75) is 6.04 Å². The highest BCUT2D eigenvalue weighted by atomic mass is 35.5. The van der Waals surface area contributed by atoms with Gasteiger partial charge in [0.25, 0.3) is 5.91 Å². The second-order valence-electron chi connectivity index (χ2n) is 7.34. The summed E-state index contributed by atoms with van der Waals surface area (Å²) in [5, 5.41) is 4.54. The topological polar surface area (TPSA) is 47.1 Å². The Bertz CT molecular complexity index is 850. The number of imide groups is 1. The van der Waals surface area contributed by atoms with Gasteiger partial charge < -0.3 is 4.90 Å². The maximum atomic E-state index is 12.3. The Morgan fingerprint density at radius 2 is 1.28 bits per heavy atom. The third kappa shape index (κ3) is 4.12. The predicted molar refractivity (Wildman–Crippen MR) is 113 cm³/mol. The molecule has 0 N–H and O–H groups in total. The molecule has 0 bridgehead atoms. The Labute approximate surface area is 180 Å². The van der Waals surface area contributed by atoms with Gasteiger partial charge in [0.05, 0.1) is 6.04 Å². The molecule has 0 aliphatic carbocycles. The Hall–Kier alpha value is -2.12. The average molecular weight is 433 g/mol. The molecule has 0 atom stereocenters. The molecule has 29 heavy (non-hydrogen) atoms. The van der Waals surface area contributed by atoms with Crippen molar-refractivity contribution < 1.29 is 9.59 Å². The van der Waals surface area contributed by atoms with Crippen LogP contribution in [-0.4, -0.2) is 71.5 Å². The van der Waals surface area contributed by atoms with Gasteiger partial charge in [-0.15, -0.1) is 0 Å². The number of amides is 3. The number of hydrazine groups is 1. The third-order valence-electron chi connectivity index (χ3n) is 5.43. The van der Waals surface area contributed by atoms with Crippen molar-refractivity contribution in [3.8, 4) is 0 Å². The molecular formula is C21H22Cl2N4O2. The second-order valence-corrected chi connectivity index (χ2v) is 8.21. The van der Waals surface area contributed by atoms with Gasteiger partial charge in [0.1, 0.15) is 6.54 Å². The SMILES string of the molecule is CN1CC(=O)N(N2CCN(C(c3ccc(Cl)cc3)c3ccc(Cl)cc3)CC2)C1=O. The number of hydrogen-bond donors (Lipinski definition) is 0. The van der Waals surface area contributed by atoms with Crippen LogP contribution in [0.5, 0.6) is 0 Å². The first-order chi connectivity index (χ1) is 13.9. The van der Waals surface area contributed by atoms with Crippen LogP contribution in [0.25, 0.3) is 0 Å². The summed E-state index contributed by atoms with van der Waals surface area (Å²) in [5.74, 6) is -0.169. The molecule has 0 aromatic heterocycles. The molecular weight excluding hydrogens is 411 g/mol. The van der Waals surface area contributed by atoms with Crippen molar-refractivity contribution in [3.63, 3.8) is 0 Å². The minimum absolute atomic E-state index is 0.0411. The van der Waals surface area contributed by atoms with Gasteiger partial charge in [0, 0.05) is 43.3 Å². The van der Waals surface area contributed by atoms with E-state index in [0.717, 1.165) is 24.2 Å². The largest absolute Gasteiger partial charge is 0.341 e. The van der Waals surface area contributed by atoms with Crippen molar-refractivity contribution in [2.24, 2.45) is 0 Å². The van der Waals surface area contributed by atoms with Gasteiger partial charge in [0.2, 0.25) is 0 Å². The molecule has 2 saturated heterocycles. The number of nitrogens with zero attached hydrogens (tertiary/aromatic N) is 4. The lowest BCUT2D eigenvalue weighted by atomic mass is 9.96. The minimum atomic E-state index is -0.254. The maximum Gasteiger partial charge on any atom is 0.341 e. The van der Waals surface area contributed by atoms with Gasteiger partial charge in [-0.1, -0.05) is 47.5 Å². The summed E-state index contributed by atoms with van der Waals surface area (Å²) in [6.07, 6.45) is 0. The van der Waals surface area contributed by atoms with Gasteiger partial charge in [0.15, 0.2) is 0 Å². The van der Waals surface area contributed by atoms with E-state index in [2.05, 4.69) is 4.90 Å². The Balaban J connectivity index is 1.55. The normalized spacial score (nSPS) is 18.9. The van der Waals surface area contributed by atoms with Crippen LogP contribution in [0.1, 0.15) is 17.2 Å². The van der Waals surface area contributed by atoms with Crippen LogP contribution in [0.3, 0.4) is 0 Å². The summed E-state index contributed by atoms with van der Waals surface area (Å²) in [7, 11) is 1.65. The van der Waals surface area contributed by atoms with Gasteiger partial charge in [-0.2, -0.15) is 5.01 Å². The number of carbonyl (C=O) groups excluding carboxylic acids is 2. The quantitative estimate of drug-likeness (QED) is 0.693. The molecule has 2 aliphatic rings. The number of hydrogen-bond acceptors (Lipinski definition) is 4. The van der Waals surface area contributed by atoms with Gasteiger partial charge in [-0.3, -0.25) is 9.69 Å². The van der Waals surface area contributed by atoms with E-state index in [1.54, 1.807) is 7.05 Å². The Morgan fingerprint density at radius 1 is 0.793 bits per heavy atom. The van der Waals surface area contributed by atoms with E-state index in [1.807, 2.05) is 53.5 Å². The number of piperazine rings is 1. The summed E-state index contributed by atoms with van der Waals surface area (Å²) in [6.45, 7) is 2.77. The Morgan fingerprint density at radius 3 is 1.69 bits per heavy atom. The zero-order valence-electron chi connectivity index (χ0n) is 16.1. The molecule has 8 heteroatoms. The molecule has 2 aliphatic heterocycles. The first-order valence-electron chi connectivity index (χ1n) is 9.52. The van der Waals surface area contributed by atoms with Gasteiger partial charge in [-0.25, -0.2) is 9.80 Å². The fourth-order valence-corrected chi connectivity index (χ4v) is 4.21. The molecule has 4 rings (SSSR count). The van der Waals surface area contributed by atoms with Crippen LogP contribution in [0.15, 0.2) is 48.5 Å². The van der Waals surface area contributed by atoms with Crippen LogP contribution >= 0.6 is 23.2 Å². The van der Waals surface area contributed by atoms with E-state index in [0.29, 0.717) is 23.1 Å².